The SMILES string of the molecule is CC(CN(C)C)NC(=O)N1CCC[C@@H](C(=O)O)C1. The van der Waals surface area contributed by atoms with Crippen LogP contribution in [0.25, 0.3) is 0 Å². The summed E-state index contributed by atoms with van der Waals surface area (Å²) in [5, 5.41) is 11.9. The van der Waals surface area contributed by atoms with Crippen molar-refractivity contribution in [2.45, 2.75) is 25.8 Å². The molecular weight excluding hydrogens is 234 g/mol. The standard InChI is InChI=1S/C12H23N3O3/c1-9(7-14(2)3)13-12(18)15-6-4-5-10(8-15)11(16)17/h9-10H,4-8H2,1-3H3,(H,13,18)(H,16,17)/t9?,10-/m1/s1. The van der Waals surface area contributed by atoms with E-state index in [1.165, 1.54) is 0 Å². The Bertz CT molecular complexity index is 307. The van der Waals surface area contributed by atoms with Gasteiger partial charge in [-0.1, -0.05) is 0 Å². The van der Waals surface area contributed by atoms with Crippen LogP contribution in [0, 0.1) is 5.92 Å². The summed E-state index contributed by atoms with van der Waals surface area (Å²) in [5.41, 5.74) is 0. The number of hydrogen-bond donors (Lipinski definition) is 2. The number of carboxylic acids is 1. The van der Waals surface area contributed by atoms with Gasteiger partial charge in [0.05, 0.1) is 5.92 Å². The molecule has 1 aliphatic heterocycles. The lowest BCUT2D eigenvalue weighted by Crippen LogP contribution is -2.50. The van der Waals surface area contributed by atoms with Crippen LogP contribution >= 0.6 is 0 Å². The van der Waals surface area contributed by atoms with Crippen LogP contribution in [0.2, 0.25) is 0 Å². The molecule has 18 heavy (non-hydrogen) atoms. The number of amides is 2. The van der Waals surface area contributed by atoms with E-state index in [2.05, 4.69) is 5.32 Å². The third-order valence-electron chi connectivity index (χ3n) is 3.07. The number of rotatable bonds is 4. The minimum absolute atomic E-state index is 0.0534. The lowest BCUT2D eigenvalue weighted by Gasteiger charge is -2.32. The number of likely N-dealkylation sites (tertiary alicyclic amines) is 1. The maximum absolute atomic E-state index is 12.0. The summed E-state index contributed by atoms with van der Waals surface area (Å²) in [6.07, 6.45) is 1.42. The molecule has 0 aliphatic carbocycles. The van der Waals surface area contributed by atoms with Crippen LogP contribution in [0.1, 0.15) is 19.8 Å². The van der Waals surface area contributed by atoms with Crippen LogP contribution in [-0.4, -0.2) is 66.7 Å². The Kier molecular flexibility index (Phi) is 5.40. The number of nitrogens with one attached hydrogen (secondary N) is 1. The number of carbonyl (C=O) groups excluding carboxylic acids is 1. The highest BCUT2D eigenvalue weighted by Gasteiger charge is 2.28. The van der Waals surface area contributed by atoms with Gasteiger partial charge in [0.2, 0.25) is 0 Å². The minimum atomic E-state index is -0.811. The van der Waals surface area contributed by atoms with E-state index in [9.17, 15) is 9.59 Å². The van der Waals surface area contributed by atoms with Gasteiger partial charge in [-0.2, -0.15) is 0 Å². The van der Waals surface area contributed by atoms with Crippen LogP contribution in [0.15, 0.2) is 0 Å². The number of nitrogens with zero attached hydrogens (tertiary/aromatic N) is 2. The fourth-order valence-corrected chi connectivity index (χ4v) is 2.26. The first-order valence-electron chi connectivity index (χ1n) is 6.33. The van der Waals surface area contributed by atoms with Gasteiger partial charge in [0.25, 0.3) is 0 Å². The van der Waals surface area contributed by atoms with Crippen molar-refractivity contribution in [3.05, 3.63) is 0 Å². The number of urea groups is 1. The number of carbonyl (C=O) groups is 2. The van der Waals surface area contributed by atoms with E-state index in [0.29, 0.717) is 19.5 Å². The van der Waals surface area contributed by atoms with Crippen LogP contribution in [0.3, 0.4) is 0 Å². The largest absolute Gasteiger partial charge is 0.481 e. The molecule has 1 fully saturated rings. The smallest absolute Gasteiger partial charge is 0.317 e. The van der Waals surface area contributed by atoms with Crippen molar-refractivity contribution in [2.24, 2.45) is 5.92 Å². The second-order valence-corrected chi connectivity index (χ2v) is 5.24. The summed E-state index contributed by atoms with van der Waals surface area (Å²) in [6, 6.07) is -0.104. The topological polar surface area (TPSA) is 72.9 Å². The Balaban J connectivity index is 2.43. The minimum Gasteiger partial charge on any atom is -0.481 e. The Hall–Kier alpha value is -1.30. The van der Waals surface area contributed by atoms with E-state index >= 15 is 0 Å². The highest BCUT2D eigenvalue weighted by molar-refractivity contribution is 5.76. The summed E-state index contributed by atoms with van der Waals surface area (Å²) >= 11 is 0. The van der Waals surface area contributed by atoms with Crippen molar-refractivity contribution in [2.75, 3.05) is 33.7 Å². The molecule has 1 heterocycles. The summed E-state index contributed by atoms with van der Waals surface area (Å²) < 4.78 is 0. The van der Waals surface area contributed by atoms with Gasteiger partial charge in [-0.25, -0.2) is 4.79 Å². The van der Waals surface area contributed by atoms with E-state index in [0.717, 1.165) is 13.0 Å². The summed E-state index contributed by atoms with van der Waals surface area (Å²) in [4.78, 5) is 26.5. The van der Waals surface area contributed by atoms with Gasteiger partial charge in [0.15, 0.2) is 0 Å². The molecule has 0 bridgehead atoms. The second kappa shape index (κ2) is 6.58. The van der Waals surface area contributed by atoms with E-state index in [1.807, 2.05) is 25.9 Å². The van der Waals surface area contributed by atoms with Crippen LogP contribution in [0.5, 0.6) is 0 Å². The van der Waals surface area contributed by atoms with Crippen molar-refractivity contribution in [3.8, 4) is 0 Å². The number of carboxylic acid groups (broad SMARTS) is 1. The fraction of sp³-hybridized carbons (Fsp3) is 0.833. The van der Waals surface area contributed by atoms with Crippen LogP contribution in [-0.2, 0) is 4.79 Å². The average Bonchev–Trinajstić information content (AvgIpc) is 2.27. The van der Waals surface area contributed by atoms with Crippen LogP contribution in [0.4, 0.5) is 4.79 Å². The Labute approximate surface area is 108 Å². The number of aliphatic carboxylic acids is 1. The molecule has 0 aromatic heterocycles. The third-order valence-corrected chi connectivity index (χ3v) is 3.07. The molecule has 1 saturated heterocycles. The Morgan fingerprint density at radius 3 is 2.72 bits per heavy atom. The molecule has 2 atom stereocenters. The first-order valence-corrected chi connectivity index (χ1v) is 6.33. The van der Waals surface area contributed by atoms with Gasteiger partial charge in [-0.3, -0.25) is 4.79 Å². The van der Waals surface area contributed by atoms with Crippen molar-refractivity contribution in [3.63, 3.8) is 0 Å². The average molecular weight is 257 g/mol. The predicted molar refractivity (Wildman–Crippen MR) is 68.5 cm³/mol. The maximum Gasteiger partial charge on any atom is 0.317 e. The number of piperidine rings is 1. The van der Waals surface area contributed by atoms with Crippen molar-refractivity contribution in [1.82, 2.24) is 15.1 Å². The predicted octanol–water partition coefficient (Wildman–Crippen LogP) is 0.443. The quantitative estimate of drug-likeness (QED) is 0.766. The number of hydrogen-bond acceptors (Lipinski definition) is 3. The van der Waals surface area contributed by atoms with Crippen molar-refractivity contribution in [1.29, 1.82) is 0 Å². The van der Waals surface area contributed by atoms with Gasteiger partial charge in [-0.05, 0) is 33.9 Å². The molecule has 104 valence electrons. The molecule has 1 unspecified atom stereocenters. The van der Waals surface area contributed by atoms with Crippen molar-refractivity contribution < 1.29 is 14.7 Å². The molecule has 0 saturated carbocycles. The van der Waals surface area contributed by atoms with Gasteiger partial charge in [0, 0.05) is 25.7 Å². The molecule has 0 radical (unpaired) electrons. The summed E-state index contributed by atoms with van der Waals surface area (Å²) in [5.74, 6) is -1.23. The van der Waals surface area contributed by atoms with Crippen LogP contribution < -0.4 is 5.32 Å². The summed E-state index contributed by atoms with van der Waals surface area (Å²) in [7, 11) is 3.90. The normalized spacial score (nSPS) is 21.8. The highest BCUT2D eigenvalue weighted by atomic mass is 16.4. The lowest BCUT2D eigenvalue weighted by atomic mass is 9.99. The summed E-state index contributed by atoms with van der Waals surface area (Å²) in [6.45, 7) is 3.67. The molecule has 6 nitrogen and oxygen atoms in total. The van der Waals surface area contributed by atoms with E-state index < -0.39 is 11.9 Å². The third kappa shape index (κ3) is 4.52. The molecule has 0 aromatic carbocycles. The van der Waals surface area contributed by atoms with Gasteiger partial charge >= 0.3 is 12.0 Å². The fourth-order valence-electron chi connectivity index (χ4n) is 2.26. The zero-order valence-electron chi connectivity index (χ0n) is 11.3. The molecular formula is C12H23N3O3. The Morgan fingerprint density at radius 2 is 2.17 bits per heavy atom. The van der Waals surface area contributed by atoms with E-state index in [-0.39, 0.29) is 12.1 Å². The molecule has 2 N–H and O–H groups in total. The first-order chi connectivity index (χ1) is 8.40. The maximum atomic E-state index is 12.0. The van der Waals surface area contributed by atoms with Crippen molar-refractivity contribution >= 4 is 12.0 Å². The van der Waals surface area contributed by atoms with Gasteiger partial charge < -0.3 is 20.2 Å². The molecule has 2 amide bonds. The van der Waals surface area contributed by atoms with Gasteiger partial charge in [-0.15, -0.1) is 0 Å². The Morgan fingerprint density at radius 1 is 1.50 bits per heavy atom. The monoisotopic (exact) mass is 257 g/mol. The second-order valence-electron chi connectivity index (χ2n) is 5.24. The molecule has 1 rings (SSSR count). The zero-order chi connectivity index (χ0) is 13.7. The molecule has 0 spiro atoms. The van der Waals surface area contributed by atoms with Gasteiger partial charge in [0.1, 0.15) is 0 Å². The van der Waals surface area contributed by atoms with E-state index in [1.54, 1.807) is 4.90 Å². The first kappa shape index (κ1) is 14.8. The molecule has 1 aliphatic rings. The lowest BCUT2D eigenvalue weighted by molar-refractivity contribution is -0.143. The number of likely N-dealkylation sites (N-methyl/N-ethyl adjacent to an activating group) is 1. The van der Waals surface area contributed by atoms with E-state index in [4.69, 9.17) is 5.11 Å². The molecule has 6 heteroatoms. The molecule has 0 aromatic rings. The highest BCUT2D eigenvalue weighted by Crippen LogP contribution is 2.16. The zero-order valence-corrected chi connectivity index (χ0v) is 11.3.